The fraction of sp³-hybridized carbons (Fsp3) is 0.667. The summed E-state index contributed by atoms with van der Waals surface area (Å²) in [6.07, 6.45) is 4.17. The third kappa shape index (κ3) is 7.90. The lowest BCUT2D eigenvalue weighted by molar-refractivity contribution is 0.119. The largest absolute Gasteiger partial charge is 0.317 e. The van der Waals surface area contributed by atoms with Gasteiger partial charge in [-0.25, -0.2) is 0 Å². The van der Waals surface area contributed by atoms with Gasteiger partial charge in [-0.1, -0.05) is 30.3 Å². The first-order chi connectivity index (χ1) is 10.4. The number of hydrogen-bond donors (Lipinski definition) is 1. The van der Waals surface area contributed by atoms with E-state index in [-0.39, 0.29) is 37.2 Å². The summed E-state index contributed by atoms with van der Waals surface area (Å²) in [4.78, 5) is 5.26. The molecule has 0 saturated carbocycles. The van der Waals surface area contributed by atoms with Gasteiger partial charge in [-0.15, -0.1) is 37.2 Å². The maximum atomic E-state index is 3.46. The second kappa shape index (κ2) is 13.2. The number of piperidine rings is 1. The van der Waals surface area contributed by atoms with Gasteiger partial charge < -0.3 is 10.2 Å². The van der Waals surface area contributed by atoms with E-state index in [0.717, 1.165) is 12.5 Å². The number of nitrogens with one attached hydrogen (secondary N) is 1. The van der Waals surface area contributed by atoms with E-state index >= 15 is 0 Å². The summed E-state index contributed by atoms with van der Waals surface area (Å²) in [5.74, 6) is 0.966. The molecule has 0 unspecified atom stereocenters. The van der Waals surface area contributed by atoms with E-state index in [1.165, 1.54) is 70.6 Å². The highest BCUT2D eigenvalue weighted by Crippen LogP contribution is 2.17. The molecule has 2 aliphatic rings. The van der Waals surface area contributed by atoms with E-state index in [1.54, 1.807) is 0 Å². The molecule has 0 aliphatic carbocycles. The molecule has 1 aromatic carbocycles. The minimum atomic E-state index is 0. The first-order valence-electron chi connectivity index (χ1n) is 8.59. The van der Waals surface area contributed by atoms with Crippen LogP contribution in [0.3, 0.4) is 0 Å². The molecule has 140 valence electrons. The number of piperazine rings is 1. The van der Waals surface area contributed by atoms with Crippen LogP contribution >= 0.6 is 37.2 Å². The molecule has 0 radical (unpaired) electrons. The zero-order chi connectivity index (χ0) is 14.3. The number of benzene rings is 1. The van der Waals surface area contributed by atoms with Gasteiger partial charge in [0.2, 0.25) is 0 Å². The number of nitrogens with zero attached hydrogens (tertiary/aromatic N) is 2. The molecule has 3 rings (SSSR count). The minimum absolute atomic E-state index is 0. The van der Waals surface area contributed by atoms with Crippen molar-refractivity contribution in [3.05, 3.63) is 35.9 Å². The van der Waals surface area contributed by atoms with Crippen molar-refractivity contribution in [1.29, 1.82) is 0 Å². The van der Waals surface area contributed by atoms with Gasteiger partial charge in [-0.2, -0.15) is 0 Å². The van der Waals surface area contributed by atoms with Gasteiger partial charge in [0.15, 0.2) is 0 Å². The second-order valence-electron chi connectivity index (χ2n) is 6.59. The van der Waals surface area contributed by atoms with Crippen molar-refractivity contribution in [2.45, 2.75) is 25.8 Å². The molecule has 2 aliphatic heterocycles. The SMILES string of the molecule is Cl.Cl.Cl.c1ccc(CN2CCN(CCC3CCNCC3)CC2)cc1. The topological polar surface area (TPSA) is 18.5 Å². The molecule has 2 saturated heterocycles. The monoisotopic (exact) mass is 395 g/mol. The fourth-order valence-electron chi connectivity index (χ4n) is 3.55. The molecule has 0 amide bonds. The maximum Gasteiger partial charge on any atom is 0.0234 e. The Balaban J connectivity index is 0.00000176. The average molecular weight is 397 g/mol. The van der Waals surface area contributed by atoms with E-state index in [2.05, 4.69) is 45.4 Å². The molecule has 3 nitrogen and oxygen atoms in total. The summed E-state index contributed by atoms with van der Waals surface area (Å²) >= 11 is 0. The van der Waals surface area contributed by atoms with Gasteiger partial charge in [0, 0.05) is 32.7 Å². The highest BCUT2D eigenvalue weighted by Gasteiger charge is 2.19. The van der Waals surface area contributed by atoms with Gasteiger partial charge >= 0.3 is 0 Å². The Bertz CT molecular complexity index is 405. The third-order valence-electron chi connectivity index (χ3n) is 5.03. The van der Waals surface area contributed by atoms with Crippen LogP contribution in [0.15, 0.2) is 30.3 Å². The van der Waals surface area contributed by atoms with Crippen LogP contribution < -0.4 is 5.32 Å². The minimum Gasteiger partial charge on any atom is -0.317 e. The van der Waals surface area contributed by atoms with E-state index in [0.29, 0.717) is 0 Å². The number of hydrogen-bond acceptors (Lipinski definition) is 3. The molecular weight excluding hydrogens is 365 g/mol. The van der Waals surface area contributed by atoms with Gasteiger partial charge in [0.1, 0.15) is 0 Å². The predicted octanol–water partition coefficient (Wildman–Crippen LogP) is 3.46. The lowest BCUT2D eigenvalue weighted by atomic mass is 9.94. The van der Waals surface area contributed by atoms with Crippen LogP contribution in [0.25, 0.3) is 0 Å². The Morgan fingerprint density at radius 3 is 2.04 bits per heavy atom. The van der Waals surface area contributed by atoms with Crippen LogP contribution in [-0.4, -0.2) is 55.6 Å². The summed E-state index contributed by atoms with van der Waals surface area (Å²) in [5, 5.41) is 3.46. The molecule has 1 N–H and O–H groups in total. The van der Waals surface area contributed by atoms with Crippen molar-refractivity contribution < 1.29 is 0 Å². The highest BCUT2D eigenvalue weighted by atomic mass is 35.5. The van der Waals surface area contributed by atoms with Crippen molar-refractivity contribution in [2.75, 3.05) is 45.8 Å². The van der Waals surface area contributed by atoms with Crippen molar-refractivity contribution in [1.82, 2.24) is 15.1 Å². The zero-order valence-electron chi connectivity index (χ0n) is 14.4. The normalized spacial score (nSPS) is 19.7. The van der Waals surface area contributed by atoms with Crippen LogP contribution in [0.5, 0.6) is 0 Å². The Labute approximate surface area is 165 Å². The molecule has 0 aromatic heterocycles. The second-order valence-corrected chi connectivity index (χ2v) is 6.59. The molecule has 24 heavy (non-hydrogen) atoms. The Kier molecular flexibility index (Phi) is 13.2. The van der Waals surface area contributed by atoms with E-state index in [4.69, 9.17) is 0 Å². The fourth-order valence-corrected chi connectivity index (χ4v) is 3.55. The number of halogens is 3. The molecule has 0 spiro atoms. The molecule has 0 atom stereocenters. The van der Waals surface area contributed by atoms with Gasteiger partial charge in [-0.05, 0) is 50.4 Å². The molecule has 2 heterocycles. The third-order valence-corrected chi connectivity index (χ3v) is 5.03. The average Bonchev–Trinajstić information content (AvgIpc) is 2.56. The van der Waals surface area contributed by atoms with Crippen LogP contribution in [0, 0.1) is 5.92 Å². The van der Waals surface area contributed by atoms with Gasteiger partial charge in [-0.3, -0.25) is 4.90 Å². The molecule has 6 heteroatoms. The molecule has 1 aromatic rings. The first kappa shape index (κ1) is 24.0. The van der Waals surface area contributed by atoms with E-state index in [9.17, 15) is 0 Å². The van der Waals surface area contributed by atoms with Crippen molar-refractivity contribution >= 4 is 37.2 Å². The summed E-state index contributed by atoms with van der Waals surface area (Å²) in [6, 6.07) is 10.9. The summed E-state index contributed by atoms with van der Waals surface area (Å²) in [7, 11) is 0. The van der Waals surface area contributed by atoms with Crippen LogP contribution in [0.2, 0.25) is 0 Å². The highest BCUT2D eigenvalue weighted by molar-refractivity contribution is 5.86. The Morgan fingerprint density at radius 2 is 1.42 bits per heavy atom. The van der Waals surface area contributed by atoms with Crippen LogP contribution in [0.1, 0.15) is 24.8 Å². The van der Waals surface area contributed by atoms with Crippen LogP contribution in [-0.2, 0) is 6.54 Å². The quantitative estimate of drug-likeness (QED) is 0.822. The standard InChI is InChI=1S/C18H29N3.3ClH/c1-2-4-18(5-3-1)16-21-14-12-20(13-15-21)11-8-17-6-9-19-10-7-17;;;/h1-5,17,19H,6-16H2;3*1H. The molecular formula is C18H32Cl3N3. The maximum absolute atomic E-state index is 3.46. The van der Waals surface area contributed by atoms with Crippen molar-refractivity contribution in [3.8, 4) is 0 Å². The molecule has 0 bridgehead atoms. The summed E-state index contributed by atoms with van der Waals surface area (Å²) in [6.45, 7) is 9.83. The summed E-state index contributed by atoms with van der Waals surface area (Å²) < 4.78 is 0. The summed E-state index contributed by atoms with van der Waals surface area (Å²) in [5.41, 5.74) is 1.45. The van der Waals surface area contributed by atoms with E-state index < -0.39 is 0 Å². The number of rotatable bonds is 5. The predicted molar refractivity (Wildman–Crippen MR) is 110 cm³/mol. The smallest absolute Gasteiger partial charge is 0.0234 e. The van der Waals surface area contributed by atoms with E-state index in [1.807, 2.05) is 0 Å². The Morgan fingerprint density at radius 1 is 0.833 bits per heavy atom. The lowest BCUT2D eigenvalue weighted by Gasteiger charge is -2.35. The Hall–Kier alpha value is -0.0300. The molecule has 2 fully saturated rings. The van der Waals surface area contributed by atoms with Crippen LogP contribution in [0.4, 0.5) is 0 Å². The zero-order valence-corrected chi connectivity index (χ0v) is 16.8. The van der Waals surface area contributed by atoms with Crippen molar-refractivity contribution in [3.63, 3.8) is 0 Å². The first-order valence-corrected chi connectivity index (χ1v) is 8.59. The lowest BCUT2D eigenvalue weighted by Crippen LogP contribution is -2.46. The van der Waals surface area contributed by atoms with Gasteiger partial charge in [0.25, 0.3) is 0 Å². The van der Waals surface area contributed by atoms with Crippen molar-refractivity contribution in [2.24, 2.45) is 5.92 Å². The van der Waals surface area contributed by atoms with Gasteiger partial charge in [0.05, 0.1) is 0 Å².